The number of hydrogen-bond donors (Lipinski definition) is 1. The third kappa shape index (κ3) is 4.80. The zero-order valence-corrected chi connectivity index (χ0v) is 17.8. The van der Waals surface area contributed by atoms with E-state index in [2.05, 4.69) is 64.2 Å². The molecule has 4 nitrogen and oxygen atoms in total. The van der Waals surface area contributed by atoms with Crippen molar-refractivity contribution < 1.29 is 4.79 Å². The summed E-state index contributed by atoms with van der Waals surface area (Å²) in [5.41, 5.74) is 5.21. The monoisotopic (exact) mass is 377 g/mol. The largest absolute Gasteiger partial charge is 0.310 e. The van der Waals surface area contributed by atoms with Gasteiger partial charge in [0, 0.05) is 18.2 Å². The second-order valence-electron chi connectivity index (χ2n) is 9.23. The number of anilines is 1. The van der Waals surface area contributed by atoms with Crippen molar-refractivity contribution in [2.45, 2.75) is 54.4 Å². The lowest BCUT2D eigenvalue weighted by Crippen LogP contribution is -2.19. The van der Waals surface area contributed by atoms with E-state index in [1.54, 1.807) is 0 Å². The number of carbonyl (C=O) groups is 1. The lowest BCUT2D eigenvalue weighted by molar-refractivity contribution is -0.117. The highest BCUT2D eigenvalue weighted by molar-refractivity contribution is 5.94. The summed E-state index contributed by atoms with van der Waals surface area (Å²) in [7, 11) is 0. The van der Waals surface area contributed by atoms with E-state index in [1.807, 2.05) is 29.7 Å². The summed E-state index contributed by atoms with van der Waals surface area (Å²) in [6, 6.07) is 12.3. The molecule has 0 bridgehead atoms. The van der Waals surface area contributed by atoms with Crippen molar-refractivity contribution in [1.82, 2.24) is 9.38 Å². The Morgan fingerprint density at radius 1 is 1.11 bits per heavy atom. The van der Waals surface area contributed by atoms with Crippen molar-refractivity contribution in [2.75, 3.05) is 5.32 Å². The Morgan fingerprint density at radius 3 is 2.43 bits per heavy atom. The summed E-state index contributed by atoms with van der Waals surface area (Å²) in [6.07, 6.45) is 3.49. The minimum absolute atomic E-state index is 0.0347. The molecular formula is C24H31N3O. The van der Waals surface area contributed by atoms with E-state index in [0.29, 0.717) is 12.3 Å². The second-order valence-corrected chi connectivity index (χ2v) is 9.23. The first kappa shape index (κ1) is 20.1. The number of hydrogen-bond acceptors (Lipinski definition) is 2. The van der Waals surface area contributed by atoms with E-state index < -0.39 is 0 Å². The third-order valence-corrected chi connectivity index (χ3v) is 4.86. The molecule has 148 valence electrons. The number of aromatic nitrogens is 2. The van der Waals surface area contributed by atoms with E-state index in [-0.39, 0.29) is 11.3 Å². The molecule has 4 heteroatoms. The molecule has 0 radical (unpaired) electrons. The maximum absolute atomic E-state index is 12.8. The van der Waals surface area contributed by atoms with Crippen LogP contribution in [0.1, 0.15) is 51.7 Å². The first-order valence-corrected chi connectivity index (χ1v) is 9.98. The van der Waals surface area contributed by atoms with Crippen LogP contribution < -0.4 is 5.32 Å². The molecule has 0 saturated carbocycles. The number of rotatable bonds is 5. The van der Waals surface area contributed by atoms with Crippen molar-refractivity contribution >= 4 is 17.4 Å². The van der Waals surface area contributed by atoms with Gasteiger partial charge in [-0.1, -0.05) is 57.5 Å². The van der Waals surface area contributed by atoms with Crippen LogP contribution in [0.15, 0.2) is 42.6 Å². The molecule has 1 amide bonds. The molecule has 0 unspecified atom stereocenters. The van der Waals surface area contributed by atoms with Crippen LogP contribution in [0.2, 0.25) is 0 Å². The predicted molar refractivity (Wildman–Crippen MR) is 117 cm³/mol. The Morgan fingerprint density at radius 2 is 1.79 bits per heavy atom. The highest BCUT2D eigenvalue weighted by Crippen LogP contribution is 2.31. The summed E-state index contributed by atoms with van der Waals surface area (Å²) in [5.74, 6) is 1.10. The van der Waals surface area contributed by atoms with Gasteiger partial charge in [0.1, 0.15) is 17.2 Å². The maximum Gasteiger partial charge on any atom is 0.225 e. The summed E-state index contributed by atoms with van der Waals surface area (Å²) >= 11 is 0. The Bertz CT molecular complexity index is 977. The number of carbonyl (C=O) groups excluding carboxylic acids is 1. The molecule has 3 aromatic rings. The summed E-state index contributed by atoms with van der Waals surface area (Å²) < 4.78 is 1.97. The third-order valence-electron chi connectivity index (χ3n) is 4.86. The maximum atomic E-state index is 12.8. The number of pyridine rings is 1. The summed E-state index contributed by atoms with van der Waals surface area (Å²) in [4.78, 5) is 17.6. The fourth-order valence-corrected chi connectivity index (χ4v) is 3.80. The molecular weight excluding hydrogens is 346 g/mol. The van der Waals surface area contributed by atoms with E-state index in [1.165, 1.54) is 5.56 Å². The summed E-state index contributed by atoms with van der Waals surface area (Å²) in [6.45, 7) is 12.9. The zero-order chi connectivity index (χ0) is 20.5. The van der Waals surface area contributed by atoms with Crippen molar-refractivity contribution in [2.24, 2.45) is 11.3 Å². The highest BCUT2D eigenvalue weighted by Gasteiger charge is 2.20. The van der Waals surface area contributed by atoms with Gasteiger partial charge in [-0.25, -0.2) is 4.98 Å². The molecule has 28 heavy (non-hydrogen) atoms. The second kappa shape index (κ2) is 7.78. The highest BCUT2D eigenvalue weighted by atomic mass is 16.1. The van der Waals surface area contributed by atoms with Gasteiger partial charge in [0.25, 0.3) is 0 Å². The molecule has 2 heterocycles. The van der Waals surface area contributed by atoms with Crippen LogP contribution in [0, 0.1) is 25.2 Å². The van der Waals surface area contributed by atoms with Crippen LogP contribution in [0.25, 0.3) is 16.9 Å². The van der Waals surface area contributed by atoms with Crippen LogP contribution in [0.5, 0.6) is 0 Å². The number of imidazole rings is 1. The van der Waals surface area contributed by atoms with Crippen LogP contribution in [0.4, 0.5) is 5.82 Å². The predicted octanol–water partition coefficient (Wildman–Crippen LogP) is 6.02. The Kier molecular flexibility index (Phi) is 5.59. The first-order valence-electron chi connectivity index (χ1n) is 9.98. The normalized spacial score (nSPS) is 12.9. The average molecular weight is 378 g/mol. The van der Waals surface area contributed by atoms with Crippen LogP contribution >= 0.6 is 0 Å². The van der Waals surface area contributed by atoms with Crippen molar-refractivity contribution in [1.29, 1.82) is 0 Å². The van der Waals surface area contributed by atoms with Gasteiger partial charge in [0.2, 0.25) is 5.91 Å². The van der Waals surface area contributed by atoms with Crippen LogP contribution in [0.3, 0.4) is 0 Å². The molecule has 1 N–H and O–H groups in total. The number of benzene rings is 1. The number of nitrogens with one attached hydrogen (secondary N) is 1. The van der Waals surface area contributed by atoms with E-state index >= 15 is 0 Å². The van der Waals surface area contributed by atoms with Gasteiger partial charge >= 0.3 is 0 Å². The molecule has 0 aliphatic carbocycles. The average Bonchev–Trinajstić information content (AvgIpc) is 2.91. The van der Waals surface area contributed by atoms with Gasteiger partial charge in [0.15, 0.2) is 0 Å². The van der Waals surface area contributed by atoms with Crippen molar-refractivity contribution in [3.8, 4) is 11.3 Å². The van der Waals surface area contributed by atoms with Gasteiger partial charge in [-0.15, -0.1) is 0 Å². The van der Waals surface area contributed by atoms with Gasteiger partial charge in [-0.05, 0) is 49.3 Å². The molecule has 0 fully saturated rings. The lowest BCUT2D eigenvalue weighted by Gasteiger charge is -2.22. The SMILES string of the molecule is Cc1ccc(-c2nc3cc(C)ccn3c2NC(=O)C[C@H](C)CC(C)(C)C)cc1. The van der Waals surface area contributed by atoms with Gasteiger partial charge in [0.05, 0.1) is 0 Å². The van der Waals surface area contributed by atoms with Crippen LogP contribution in [-0.2, 0) is 4.79 Å². The fourth-order valence-electron chi connectivity index (χ4n) is 3.80. The summed E-state index contributed by atoms with van der Waals surface area (Å²) in [5, 5.41) is 3.14. The molecule has 3 rings (SSSR count). The number of amides is 1. The van der Waals surface area contributed by atoms with E-state index in [0.717, 1.165) is 34.7 Å². The molecule has 0 saturated heterocycles. The smallest absolute Gasteiger partial charge is 0.225 e. The number of aryl methyl sites for hydroxylation is 2. The fraction of sp³-hybridized carbons (Fsp3) is 0.417. The first-order chi connectivity index (χ1) is 13.1. The molecule has 1 aromatic carbocycles. The Balaban J connectivity index is 1.93. The zero-order valence-electron chi connectivity index (χ0n) is 17.8. The van der Waals surface area contributed by atoms with E-state index in [9.17, 15) is 4.79 Å². The van der Waals surface area contributed by atoms with Crippen molar-refractivity contribution in [3.63, 3.8) is 0 Å². The Hall–Kier alpha value is -2.62. The number of nitrogens with zero attached hydrogens (tertiary/aromatic N) is 2. The minimum Gasteiger partial charge on any atom is -0.310 e. The van der Waals surface area contributed by atoms with E-state index in [4.69, 9.17) is 4.98 Å². The van der Waals surface area contributed by atoms with Crippen LogP contribution in [-0.4, -0.2) is 15.3 Å². The number of fused-ring (bicyclic) bond motifs is 1. The standard InChI is InChI=1S/C24H31N3O/c1-16-7-9-19(10-8-16)22-23(27-12-11-17(2)13-20(27)25-22)26-21(28)14-18(3)15-24(4,5)6/h7-13,18H,14-15H2,1-6H3,(H,26,28)/t18-/m0/s1. The topological polar surface area (TPSA) is 46.4 Å². The molecule has 1 atom stereocenters. The minimum atomic E-state index is 0.0347. The quantitative estimate of drug-likeness (QED) is 0.591. The Labute approximate surface area is 168 Å². The molecule has 0 aliphatic rings. The molecule has 0 aliphatic heterocycles. The lowest BCUT2D eigenvalue weighted by atomic mass is 9.84. The molecule has 0 spiro atoms. The van der Waals surface area contributed by atoms with Gasteiger partial charge in [-0.2, -0.15) is 0 Å². The molecule has 2 aromatic heterocycles. The van der Waals surface area contributed by atoms with Crippen molar-refractivity contribution in [3.05, 3.63) is 53.7 Å². The van der Waals surface area contributed by atoms with Gasteiger partial charge in [-0.3, -0.25) is 9.20 Å². The van der Waals surface area contributed by atoms with Gasteiger partial charge < -0.3 is 5.32 Å².